The fourth-order valence-corrected chi connectivity index (χ4v) is 2.31. The summed E-state index contributed by atoms with van der Waals surface area (Å²) >= 11 is 0. The lowest BCUT2D eigenvalue weighted by Crippen LogP contribution is -2.39. The fraction of sp³-hybridized carbons (Fsp3) is 0.278. The van der Waals surface area contributed by atoms with E-state index >= 15 is 0 Å². The van der Waals surface area contributed by atoms with Gasteiger partial charge in [-0.3, -0.25) is 4.79 Å². The third kappa shape index (κ3) is 4.79. The van der Waals surface area contributed by atoms with E-state index in [1.54, 1.807) is 30.1 Å². The van der Waals surface area contributed by atoms with Gasteiger partial charge in [0.25, 0.3) is 0 Å². The van der Waals surface area contributed by atoms with Gasteiger partial charge in [0.2, 0.25) is 5.91 Å². The molecule has 23 heavy (non-hydrogen) atoms. The van der Waals surface area contributed by atoms with E-state index in [0.717, 1.165) is 5.69 Å². The van der Waals surface area contributed by atoms with Crippen LogP contribution in [0.15, 0.2) is 54.6 Å². The van der Waals surface area contributed by atoms with Crippen molar-refractivity contribution in [2.75, 3.05) is 31.6 Å². The minimum absolute atomic E-state index is 0.0425. The highest BCUT2D eigenvalue weighted by Crippen LogP contribution is 2.14. The summed E-state index contributed by atoms with van der Waals surface area (Å²) in [7, 11) is 1.65. The van der Waals surface area contributed by atoms with Crippen molar-refractivity contribution in [1.82, 2.24) is 4.90 Å². The molecule has 0 atom stereocenters. The number of amides is 1. The molecule has 0 radical (unpaired) electrons. The minimum atomic E-state index is -0.317. The predicted molar refractivity (Wildman–Crippen MR) is 88.6 cm³/mol. The van der Waals surface area contributed by atoms with E-state index in [4.69, 9.17) is 0 Å². The maximum atomic E-state index is 13.7. The molecule has 4 nitrogen and oxygen atoms in total. The number of benzene rings is 2. The third-order valence-corrected chi connectivity index (χ3v) is 3.61. The highest BCUT2D eigenvalue weighted by Gasteiger charge is 2.16. The lowest BCUT2D eigenvalue weighted by molar-refractivity contribution is -0.129. The number of halogens is 1. The van der Waals surface area contributed by atoms with Crippen LogP contribution in [0.25, 0.3) is 0 Å². The number of likely N-dealkylation sites (N-methyl/N-ethyl adjacent to an activating group) is 1. The Morgan fingerprint density at radius 2 is 1.74 bits per heavy atom. The SMILES string of the molecule is CN(Cc1ccccc1F)C(=O)CN(CCO)c1ccccc1. The Balaban J connectivity index is 2.02. The van der Waals surface area contributed by atoms with Gasteiger partial charge in [-0.25, -0.2) is 4.39 Å². The van der Waals surface area contributed by atoms with Gasteiger partial charge in [0, 0.05) is 31.4 Å². The molecule has 1 amide bonds. The average Bonchev–Trinajstić information content (AvgIpc) is 2.57. The van der Waals surface area contributed by atoms with Crippen LogP contribution in [-0.2, 0) is 11.3 Å². The van der Waals surface area contributed by atoms with Crippen LogP contribution in [0.4, 0.5) is 10.1 Å². The number of hydrogen-bond donors (Lipinski definition) is 1. The molecular weight excluding hydrogens is 295 g/mol. The molecule has 0 spiro atoms. The van der Waals surface area contributed by atoms with Gasteiger partial charge in [-0.05, 0) is 18.2 Å². The Bertz CT molecular complexity index is 634. The second-order valence-electron chi connectivity index (χ2n) is 5.32. The lowest BCUT2D eigenvalue weighted by Gasteiger charge is -2.26. The van der Waals surface area contributed by atoms with Crippen LogP contribution in [0.3, 0.4) is 0 Å². The summed E-state index contributed by atoms with van der Waals surface area (Å²) < 4.78 is 13.7. The van der Waals surface area contributed by atoms with Gasteiger partial charge in [0.1, 0.15) is 5.82 Å². The van der Waals surface area contributed by atoms with Crippen molar-refractivity contribution in [3.05, 3.63) is 66.0 Å². The zero-order chi connectivity index (χ0) is 16.7. The molecule has 0 aliphatic carbocycles. The second-order valence-corrected chi connectivity index (χ2v) is 5.32. The molecule has 0 aromatic heterocycles. The van der Waals surface area contributed by atoms with E-state index in [-0.39, 0.29) is 31.4 Å². The second kappa shape index (κ2) is 8.29. The van der Waals surface area contributed by atoms with E-state index in [1.807, 2.05) is 30.3 Å². The lowest BCUT2D eigenvalue weighted by atomic mass is 10.2. The average molecular weight is 316 g/mol. The zero-order valence-corrected chi connectivity index (χ0v) is 13.2. The number of para-hydroxylation sites is 1. The van der Waals surface area contributed by atoms with Crippen LogP contribution >= 0.6 is 0 Å². The molecule has 0 fully saturated rings. The summed E-state index contributed by atoms with van der Waals surface area (Å²) in [6.07, 6.45) is 0. The topological polar surface area (TPSA) is 43.8 Å². The van der Waals surface area contributed by atoms with Crippen LogP contribution in [0.1, 0.15) is 5.56 Å². The van der Waals surface area contributed by atoms with Gasteiger partial charge in [0.15, 0.2) is 0 Å². The Hall–Kier alpha value is -2.40. The monoisotopic (exact) mass is 316 g/mol. The van der Waals surface area contributed by atoms with Crippen molar-refractivity contribution in [3.63, 3.8) is 0 Å². The quantitative estimate of drug-likeness (QED) is 0.852. The van der Waals surface area contributed by atoms with E-state index < -0.39 is 0 Å². The van der Waals surface area contributed by atoms with Gasteiger partial charge < -0.3 is 14.9 Å². The number of anilines is 1. The van der Waals surface area contributed by atoms with Crippen molar-refractivity contribution in [1.29, 1.82) is 0 Å². The van der Waals surface area contributed by atoms with E-state index in [0.29, 0.717) is 12.1 Å². The standard InChI is InChI=1S/C18H21FN2O2/c1-20(13-15-7-5-6-10-17(15)19)18(23)14-21(11-12-22)16-8-3-2-4-9-16/h2-10,22H,11-14H2,1H3. The van der Waals surface area contributed by atoms with Gasteiger partial charge in [-0.2, -0.15) is 0 Å². The first-order valence-corrected chi connectivity index (χ1v) is 7.50. The summed E-state index contributed by atoms with van der Waals surface area (Å²) in [5.74, 6) is -0.451. The molecule has 0 bridgehead atoms. The normalized spacial score (nSPS) is 10.4. The molecule has 122 valence electrons. The predicted octanol–water partition coefficient (Wildman–Crippen LogP) is 2.28. The van der Waals surface area contributed by atoms with Crippen molar-refractivity contribution < 1.29 is 14.3 Å². The number of aliphatic hydroxyl groups is 1. The van der Waals surface area contributed by atoms with Crippen LogP contribution in [0, 0.1) is 5.82 Å². The van der Waals surface area contributed by atoms with Gasteiger partial charge in [-0.15, -0.1) is 0 Å². The van der Waals surface area contributed by atoms with Crippen molar-refractivity contribution in [3.8, 4) is 0 Å². The summed E-state index contributed by atoms with van der Waals surface area (Å²) in [6.45, 7) is 0.672. The van der Waals surface area contributed by atoms with Gasteiger partial charge in [0.05, 0.1) is 13.2 Å². The van der Waals surface area contributed by atoms with Crippen LogP contribution in [0.2, 0.25) is 0 Å². The smallest absolute Gasteiger partial charge is 0.242 e. The molecule has 0 saturated carbocycles. The highest BCUT2D eigenvalue weighted by atomic mass is 19.1. The summed E-state index contributed by atoms with van der Waals surface area (Å²) in [5.41, 5.74) is 1.35. The molecule has 0 heterocycles. The fourth-order valence-electron chi connectivity index (χ4n) is 2.31. The van der Waals surface area contributed by atoms with Gasteiger partial charge in [-0.1, -0.05) is 36.4 Å². The highest BCUT2D eigenvalue weighted by molar-refractivity contribution is 5.81. The molecule has 2 aromatic rings. The maximum Gasteiger partial charge on any atom is 0.242 e. The Kier molecular flexibility index (Phi) is 6.11. The zero-order valence-electron chi connectivity index (χ0n) is 13.2. The number of carbonyl (C=O) groups excluding carboxylic acids is 1. The van der Waals surface area contributed by atoms with Crippen LogP contribution in [0.5, 0.6) is 0 Å². The minimum Gasteiger partial charge on any atom is -0.395 e. The van der Waals surface area contributed by atoms with Crippen LogP contribution in [-0.4, -0.2) is 42.7 Å². The molecule has 2 rings (SSSR count). The first-order valence-electron chi connectivity index (χ1n) is 7.50. The van der Waals surface area contributed by atoms with Crippen molar-refractivity contribution in [2.24, 2.45) is 0 Å². The molecular formula is C18H21FN2O2. The van der Waals surface area contributed by atoms with E-state index in [9.17, 15) is 14.3 Å². The third-order valence-electron chi connectivity index (χ3n) is 3.61. The Morgan fingerprint density at radius 3 is 2.39 bits per heavy atom. The van der Waals surface area contributed by atoms with E-state index in [2.05, 4.69) is 0 Å². The summed E-state index contributed by atoms with van der Waals surface area (Å²) in [6, 6.07) is 15.9. The Morgan fingerprint density at radius 1 is 1.09 bits per heavy atom. The number of rotatable bonds is 7. The first-order chi connectivity index (χ1) is 11.1. The largest absolute Gasteiger partial charge is 0.395 e. The number of nitrogens with zero attached hydrogens (tertiary/aromatic N) is 2. The van der Waals surface area contributed by atoms with E-state index in [1.165, 1.54) is 11.0 Å². The number of carbonyl (C=O) groups is 1. The number of hydrogen-bond acceptors (Lipinski definition) is 3. The summed E-state index contributed by atoms with van der Waals surface area (Å²) in [4.78, 5) is 15.7. The maximum absolute atomic E-state index is 13.7. The number of aliphatic hydroxyl groups excluding tert-OH is 1. The molecule has 1 N–H and O–H groups in total. The Labute approximate surface area is 135 Å². The van der Waals surface area contributed by atoms with Crippen molar-refractivity contribution in [2.45, 2.75) is 6.54 Å². The summed E-state index contributed by atoms with van der Waals surface area (Å²) in [5, 5.41) is 9.20. The first kappa shape index (κ1) is 17.0. The molecule has 5 heteroatoms. The molecule has 0 saturated heterocycles. The molecule has 0 aliphatic rings. The molecule has 0 unspecified atom stereocenters. The van der Waals surface area contributed by atoms with Crippen LogP contribution < -0.4 is 4.90 Å². The molecule has 2 aromatic carbocycles. The molecule has 0 aliphatic heterocycles. The van der Waals surface area contributed by atoms with Crippen molar-refractivity contribution >= 4 is 11.6 Å². The van der Waals surface area contributed by atoms with Gasteiger partial charge >= 0.3 is 0 Å².